The third kappa shape index (κ3) is 4.47. The van der Waals surface area contributed by atoms with Crippen molar-refractivity contribution in [1.82, 2.24) is 19.9 Å². The molecule has 0 aliphatic carbocycles. The Morgan fingerprint density at radius 3 is 2.87 bits per heavy atom. The lowest BCUT2D eigenvalue weighted by Gasteiger charge is -2.09. The van der Waals surface area contributed by atoms with Gasteiger partial charge in [0.2, 0.25) is 5.95 Å². The van der Waals surface area contributed by atoms with Crippen molar-refractivity contribution in [2.45, 2.75) is 6.54 Å². The number of nitrogens with one attached hydrogen (secondary N) is 2. The third-order valence-electron chi connectivity index (χ3n) is 4.74. The second-order valence-corrected chi connectivity index (χ2v) is 7.95. The van der Waals surface area contributed by atoms with Crippen LogP contribution < -0.4 is 16.2 Å². The minimum absolute atomic E-state index is 0.117. The van der Waals surface area contributed by atoms with Crippen molar-refractivity contribution in [2.24, 2.45) is 7.05 Å². The maximum atomic E-state index is 12.9. The fraction of sp³-hybridized carbons (Fsp3) is 0.182. The van der Waals surface area contributed by atoms with Gasteiger partial charge in [-0.25, -0.2) is 4.98 Å². The topological polar surface area (TPSA) is 109 Å². The molecule has 1 aromatic carbocycles. The van der Waals surface area contributed by atoms with Crippen molar-refractivity contribution in [3.8, 4) is 10.4 Å². The first-order valence-electron chi connectivity index (χ1n) is 9.69. The second kappa shape index (κ2) is 9.07. The van der Waals surface area contributed by atoms with Crippen LogP contribution in [0.1, 0.15) is 15.9 Å². The lowest BCUT2D eigenvalue weighted by molar-refractivity contribution is 0.0945. The normalized spacial score (nSPS) is 10.9. The van der Waals surface area contributed by atoms with E-state index in [1.165, 1.54) is 15.9 Å². The van der Waals surface area contributed by atoms with E-state index in [4.69, 9.17) is 5.11 Å². The lowest BCUT2D eigenvalue weighted by Crippen LogP contribution is -2.26. The molecule has 0 atom stereocenters. The summed E-state index contributed by atoms with van der Waals surface area (Å²) in [7, 11) is 1.69. The number of aliphatic hydroxyl groups excluding tert-OH is 1. The summed E-state index contributed by atoms with van der Waals surface area (Å²) in [6, 6.07) is 12.8. The molecule has 4 aromatic rings. The highest BCUT2D eigenvalue weighted by atomic mass is 32.1. The van der Waals surface area contributed by atoms with Crippen molar-refractivity contribution in [1.29, 1.82) is 0 Å². The average molecular weight is 436 g/mol. The van der Waals surface area contributed by atoms with Gasteiger partial charge in [-0.2, -0.15) is 0 Å². The van der Waals surface area contributed by atoms with Gasteiger partial charge < -0.3 is 15.7 Å². The van der Waals surface area contributed by atoms with E-state index in [9.17, 15) is 9.59 Å². The lowest BCUT2D eigenvalue weighted by atomic mass is 10.1. The van der Waals surface area contributed by atoms with E-state index in [0.29, 0.717) is 28.3 Å². The summed E-state index contributed by atoms with van der Waals surface area (Å²) >= 11 is 1.35. The van der Waals surface area contributed by atoms with Crippen LogP contribution >= 0.6 is 11.3 Å². The standard InChI is InChI=1S/C22H21N5O3S/c1-27-21(30)19-17(26-22(27)25-13-14-4-3-7-23-12-14)11-18(31-19)15-5-2-6-16(10-15)20(29)24-8-9-28/h2-7,10-12,28H,8-9,13H2,1H3,(H,24,29)(H,25,26). The number of anilines is 1. The zero-order valence-electron chi connectivity index (χ0n) is 16.8. The van der Waals surface area contributed by atoms with Crippen molar-refractivity contribution in [3.63, 3.8) is 0 Å². The van der Waals surface area contributed by atoms with Crippen LogP contribution in [0.4, 0.5) is 5.95 Å². The highest BCUT2D eigenvalue weighted by Crippen LogP contribution is 2.32. The van der Waals surface area contributed by atoms with Crippen molar-refractivity contribution < 1.29 is 9.90 Å². The maximum Gasteiger partial charge on any atom is 0.272 e. The predicted octanol–water partition coefficient (Wildman–Crippen LogP) is 2.39. The highest BCUT2D eigenvalue weighted by molar-refractivity contribution is 7.22. The van der Waals surface area contributed by atoms with Crippen LogP contribution in [0.25, 0.3) is 20.7 Å². The second-order valence-electron chi connectivity index (χ2n) is 6.90. The summed E-state index contributed by atoms with van der Waals surface area (Å²) in [5.41, 5.74) is 2.77. The van der Waals surface area contributed by atoms with Crippen LogP contribution in [0, 0.1) is 0 Å². The third-order valence-corrected chi connectivity index (χ3v) is 5.90. The van der Waals surface area contributed by atoms with Crippen molar-refractivity contribution in [2.75, 3.05) is 18.5 Å². The summed E-state index contributed by atoms with van der Waals surface area (Å²) in [6.45, 7) is 0.580. The summed E-state index contributed by atoms with van der Waals surface area (Å²) in [6.07, 6.45) is 3.47. The number of nitrogens with zero attached hydrogens (tertiary/aromatic N) is 3. The van der Waals surface area contributed by atoms with Gasteiger partial charge in [0, 0.05) is 43.0 Å². The van der Waals surface area contributed by atoms with Gasteiger partial charge in [-0.3, -0.25) is 19.1 Å². The number of carbonyl (C=O) groups excluding carboxylic acids is 1. The number of benzene rings is 1. The Labute approximate surface area is 182 Å². The van der Waals surface area contributed by atoms with E-state index in [-0.39, 0.29) is 24.6 Å². The van der Waals surface area contributed by atoms with Crippen LogP contribution in [-0.4, -0.2) is 38.7 Å². The average Bonchev–Trinajstić information content (AvgIpc) is 3.24. The predicted molar refractivity (Wildman–Crippen MR) is 121 cm³/mol. The Morgan fingerprint density at radius 1 is 1.23 bits per heavy atom. The number of hydrogen-bond acceptors (Lipinski definition) is 7. The van der Waals surface area contributed by atoms with Crippen LogP contribution in [-0.2, 0) is 13.6 Å². The van der Waals surface area contributed by atoms with Crippen LogP contribution in [0.15, 0.2) is 59.7 Å². The summed E-state index contributed by atoms with van der Waals surface area (Å²) in [5.74, 6) is 0.218. The van der Waals surface area contributed by atoms with E-state index in [1.54, 1.807) is 37.6 Å². The van der Waals surface area contributed by atoms with Gasteiger partial charge in [-0.1, -0.05) is 18.2 Å². The van der Waals surface area contributed by atoms with Gasteiger partial charge in [-0.05, 0) is 35.4 Å². The molecule has 0 spiro atoms. The summed E-state index contributed by atoms with van der Waals surface area (Å²) < 4.78 is 2.05. The van der Waals surface area contributed by atoms with Gasteiger partial charge in [0.1, 0.15) is 4.70 Å². The number of aromatic nitrogens is 3. The summed E-state index contributed by atoms with van der Waals surface area (Å²) in [5, 5.41) is 14.7. The highest BCUT2D eigenvalue weighted by Gasteiger charge is 2.14. The molecule has 8 nitrogen and oxygen atoms in total. The SMILES string of the molecule is Cn1c(NCc2cccnc2)nc2cc(-c3cccc(C(=O)NCCO)c3)sc2c1=O. The Balaban J connectivity index is 1.65. The Bertz CT molecular complexity index is 1280. The number of fused-ring (bicyclic) bond motifs is 1. The molecule has 0 fully saturated rings. The first-order valence-corrected chi connectivity index (χ1v) is 10.5. The van der Waals surface area contributed by atoms with Crippen LogP contribution in [0.2, 0.25) is 0 Å². The molecular weight excluding hydrogens is 414 g/mol. The minimum atomic E-state index is -0.257. The molecule has 0 saturated carbocycles. The van der Waals surface area contributed by atoms with E-state index >= 15 is 0 Å². The monoisotopic (exact) mass is 435 g/mol. The number of amides is 1. The fourth-order valence-electron chi connectivity index (χ4n) is 3.12. The Morgan fingerprint density at radius 2 is 2.10 bits per heavy atom. The zero-order chi connectivity index (χ0) is 21.8. The molecule has 0 radical (unpaired) electrons. The molecule has 9 heteroatoms. The molecular formula is C22H21N5O3S. The van der Waals surface area contributed by atoms with E-state index < -0.39 is 0 Å². The quantitative estimate of drug-likeness (QED) is 0.411. The van der Waals surface area contributed by atoms with Gasteiger partial charge in [0.25, 0.3) is 11.5 Å². The molecule has 3 N–H and O–H groups in total. The van der Waals surface area contributed by atoms with Gasteiger partial charge in [-0.15, -0.1) is 11.3 Å². The van der Waals surface area contributed by atoms with E-state index in [1.807, 2.05) is 24.3 Å². The Kier molecular flexibility index (Phi) is 6.06. The van der Waals surface area contributed by atoms with E-state index in [0.717, 1.165) is 16.0 Å². The number of thiophene rings is 1. The molecule has 0 aliphatic heterocycles. The molecule has 0 aliphatic rings. The van der Waals surface area contributed by atoms with Gasteiger partial charge in [0.05, 0.1) is 12.1 Å². The number of aliphatic hydroxyl groups is 1. The first kappa shape index (κ1) is 20.7. The molecule has 0 saturated heterocycles. The van der Waals surface area contributed by atoms with Gasteiger partial charge in [0.15, 0.2) is 0 Å². The number of hydrogen-bond donors (Lipinski definition) is 3. The number of carbonyl (C=O) groups is 1. The maximum absolute atomic E-state index is 12.9. The largest absolute Gasteiger partial charge is 0.395 e. The van der Waals surface area contributed by atoms with Crippen LogP contribution in [0.3, 0.4) is 0 Å². The molecule has 31 heavy (non-hydrogen) atoms. The van der Waals surface area contributed by atoms with Gasteiger partial charge >= 0.3 is 0 Å². The van der Waals surface area contributed by atoms with E-state index in [2.05, 4.69) is 20.6 Å². The number of pyridine rings is 1. The summed E-state index contributed by atoms with van der Waals surface area (Å²) in [4.78, 5) is 34.7. The molecule has 4 rings (SSSR count). The number of rotatable bonds is 7. The fourth-order valence-corrected chi connectivity index (χ4v) is 4.19. The molecule has 0 bridgehead atoms. The Hall–Kier alpha value is -3.56. The van der Waals surface area contributed by atoms with Crippen molar-refractivity contribution in [3.05, 3.63) is 76.3 Å². The molecule has 158 valence electrons. The molecule has 3 heterocycles. The molecule has 3 aromatic heterocycles. The molecule has 0 unspecified atom stereocenters. The molecule has 1 amide bonds. The minimum Gasteiger partial charge on any atom is -0.395 e. The van der Waals surface area contributed by atoms with Crippen molar-refractivity contribution >= 4 is 33.4 Å². The zero-order valence-corrected chi connectivity index (χ0v) is 17.6. The first-order chi connectivity index (χ1) is 15.1. The smallest absolute Gasteiger partial charge is 0.272 e. The van der Waals surface area contributed by atoms with Crippen LogP contribution in [0.5, 0.6) is 0 Å².